The molecule has 2 saturated carbocycles. The number of hydrogen-bond acceptors (Lipinski definition) is 2. The average molecular weight is 282 g/mol. The Morgan fingerprint density at radius 3 is 2.47 bits per heavy atom. The number of halogens is 1. The lowest BCUT2D eigenvalue weighted by atomic mass is 9.62. The molecule has 2 nitrogen and oxygen atoms in total. The van der Waals surface area contributed by atoms with Crippen LogP contribution in [-0.2, 0) is 0 Å². The third-order valence-corrected chi connectivity index (χ3v) is 5.06. The molecule has 0 amide bonds. The van der Waals surface area contributed by atoms with Crippen LogP contribution < -0.4 is 10.5 Å². The van der Waals surface area contributed by atoms with Crippen molar-refractivity contribution >= 4 is 12.4 Å². The number of nitrogens with two attached hydrogens (primary N) is 1. The molecule has 4 unspecified atom stereocenters. The lowest BCUT2D eigenvalue weighted by molar-refractivity contribution is 0.128. The summed E-state index contributed by atoms with van der Waals surface area (Å²) in [5, 5.41) is 0. The Balaban J connectivity index is 0.00000133. The van der Waals surface area contributed by atoms with E-state index in [-0.39, 0.29) is 12.4 Å². The van der Waals surface area contributed by atoms with Crippen molar-refractivity contribution < 1.29 is 4.74 Å². The predicted molar refractivity (Wildman–Crippen MR) is 81.0 cm³/mol. The van der Waals surface area contributed by atoms with Crippen LogP contribution in [0.2, 0.25) is 0 Å². The monoisotopic (exact) mass is 281 g/mol. The molecule has 0 radical (unpaired) electrons. The summed E-state index contributed by atoms with van der Waals surface area (Å²) in [7, 11) is 1.72. The van der Waals surface area contributed by atoms with Crippen molar-refractivity contribution in [1.29, 1.82) is 0 Å². The van der Waals surface area contributed by atoms with Crippen LogP contribution in [0.1, 0.15) is 43.6 Å². The van der Waals surface area contributed by atoms with Crippen LogP contribution in [0, 0.1) is 11.8 Å². The molecule has 2 N–H and O–H groups in total. The zero-order valence-corrected chi connectivity index (χ0v) is 12.4. The van der Waals surface area contributed by atoms with Gasteiger partial charge < -0.3 is 10.5 Å². The maximum Gasteiger partial charge on any atom is 0.118 e. The molecule has 0 aromatic heterocycles. The fraction of sp³-hybridized carbons (Fsp3) is 0.625. The molecule has 0 heterocycles. The Kier molecular flexibility index (Phi) is 4.75. The molecule has 19 heavy (non-hydrogen) atoms. The number of ether oxygens (including phenoxy) is 1. The second-order valence-electron chi connectivity index (χ2n) is 5.89. The van der Waals surface area contributed by atoms with Crippen molar-refractivity contribution in [1.82, 2.24) is 0 Å². The second kappa shape index (κ2) is 6.15. The van der Waals surface area contributed by atoms with Gasteiger partial charge in [-0.3, -0.25) is 0 Å². The molecule has 106 valence electrons. The lowest BCUT2D eigenvalue weighted by Gasteiger charge is -2.45. The minimum Gasteiger partial charge on any atom is -0.497 e. The first-order valence-electron chi connectivity index (χ1n) is 7.19. The van der Waals surface area contributed by atoms with Gasteiger partial charge in [0.2, 0.25) is 0 Å². The molecule has 0 spiro atoms. The molecular weight excluding hydrogens is 258 g/mol. The van der Waals surface area contributed by atoms with Crippen LogP contribution in [0.25, 0.3) is 0 Å². The van der Waals surface area contributed by atoms with Crippen molar-refractivity contribution in [3.8, 4) is 5.75 Å². The maximum atomic E-state index is 6.44. The first-order valence-corrected chi connectivity index (χ1v) is 7.19. The first-order chi connectivity index (χ1) is 8.79. The quantitative estimate of drug-likeness (QED) is 0.896. The number of benzene rings is 1. The Labute approximate surface area is 122 Å². The molecule has 3 rings (SSSR count). The molecule has 0 aliphatic heterocycles. The highest BCUT2D eigenvalue weighted by Crippen LogP contribution is 2.47. The van der Waals surface area contributed by atoms with E-state index in [0.29, 0.717) is 17.9 Å². The summed E-state index contributed by atoms with van der Waals surface area (Å²) in [5.74, 6) is 3.10. The van der Waals surface area contributed by atoms with E-state index in [4.69, 9.17) is 10.5 Å². The molecule has 2 aliphatic carbocycles. The zero-order valence-electron chi connectivity index (χ0n) is 11.5. The summed E-state index contributed by atoms with van der Waals surface area (Å²) in [4.78, 5) is 0. The van der Waals surface area contributed by atoms with E-state index in [9.17, 15) is 0 Å². The first kappa shape index (κ1) is 14.7. The Hall–Kier alpha value is -0.730. The van der Waals surface area contributed by atoms with Crippen molar-refractivity contribution in [2.24, 2.45) is 17.6 Å². The van der Waals surface area contributed by atoms with E-state index in [0.717, 1.165) is 11.7 Å². The van der Waals surface area contributed by atoms with E-state index in [1.165, 1.54) is 37.7 Å². The van der Waals surface area contributed by atoms with Crippen molar-refractivity contribution in [2.75, 3.05) is 7.11 Å². The van der Waals surface area contributed by atoms with Crippen molar-refractivity contribution in [3.05, 3.63) is 29.8 Å². The molecule has 4 atom stereocenters. The standard InChI is InChI=1S/C16H23NO.ClH/c1-18-13-8-5-11(6-9-13)14-10-7-12-3-2-4-15(14)16(12)17;/h5-6,8-9,12,14-16H,2-4,7,10,17H2,1H3;1H. The van der Waals surface area contributed by atoms with E-state index in [1.54, 1.807) is 7.11 Å². The van der Waals surface area contributed by atoms with Crippen molar-refractivity contribution in [2.45, 2.75) is 44.1 Å². The SMILES string of the molecule is COc1ccc(C2CCC3CCCC2C3N)cc1.Cl. The highest BCUT2D eigenvalue weighted by atomic mass is 35.5. The van der Waals surface area contributed by atoms with Gasteiger partial charge in [-0.2, -0.15) is 0 Å². The van der Waals surface area contributed by atoms with Gasteiger partial charge in [0.15, 0.2) is 0 Å². The molecular formula is C16H24ClNO. The lowest BCUT2D eigenvalue weighted by Crippen LogP contribution is -2.46. The normalized spacial score (nSPS) is 33.4. The minimum atomic E-state index is 0. The predicted octanol–water partition coefficient (Wildman–Crippen LogP) is 3.74. The molecule has 1 aromatic rings. The molecule has 3 heteroatoms. The largest absolute Gasteiger partial charge is 0.497 e. The Morgan fingerprint density at radius 2 is 1.79 bits per heavy atom. The second-order valence-corrected chi connectivity index (χ2v) is 5.89. The topological polar surface area (TPSA) is 35.2 Å². The highest BCUT2D eigenvalue weighted by molar-refractivity contribution is 5.85. The summed E-state index contributed by atoms with van der Waals surface area (Å²) >= 11 is 0. The summed E-state index contributed by atoms with van der Waals surface area (Å²) in [5.41, 5.74) is 7.90. The number of methoxy groups -OCH3 is 1. The molecule has 1 aromatic carbocycles. The third-order valence-electron chi connectivity index (χ3n) is 5.06. The van der Waals surface area contributed by atoms with E-state index >= 15 is 0 Å². The van der Waals surface area contributed by atoms with Crippen LogP contribution in [0.4, 0.5) is 0 Å². The molecule has 2 aliphatic rings. The molecule has 0 saturated heterocycles. The smallest absolute Gasteiger partial charge is 0.118 e. The van der Waals surface area contributed by atoms with E-state index in [1.807, 2.05) is 0 Å². The third kappa shape index (κ3) is 2.75. The Morgan fingerprint density at radius 1 is 1.05 bits per heavy atom. The van der Waals surface area contributed by atoms with Gasteiger partial charge in [0, 0.05) is 6.04 Å². The van der Waals surface area contributed by atoms with Gasteiger partial charge in [-0.1, -0.05) is 18.6 Å². The highest BCUT2D eigenvalue weighted by Gasteiger charge is 2.40. The molecule has 2 bridgehead atoms. The molecule has 2 fully saturated rings. The summed E-state index contributed by atoms with van der Waals surface area (Å²) in [6.45, 7) is 0. The number of fused-ring (bicyclic) bond motifs is 2. The van der Waals surface area contributed by atoms with Gasteiger partial charge in [0.25, 0.3) is 0 Å². The number of rotatable bonds is 2. The minimum absolute atomic E-state index is 0. The maximum absolute atomic E-state index is 6.44. The summed E-state index contributed by atoms with van der Waals surface area (Å²) < 4.78 is 5.23. The van der Waals surface area contributed by atoms with Gasteiger partial charge in [0.05, 0.1) is 7.11 Å². The van der Waals surface area contributed by atoms with E-state index in [2.05, 4.69) is 24.3 Å². The van der Waals surface area contributed by atoms with Gasteiger partial charge >= 0.3 is 0 Å². The van der Waals surface area contributed by atoms with Gasteiger partial charge in [-0.15, -0.1) is 12.4 Å². The van der Waals surface area contributed by atoms with Crippen LogP contribution in [-0.4, -0.2) is 13.2 Å². The van der Waals surface area contributed by atoms with Crippen molar-refractivity contribution in [3.63, 3.8) is 0 Å². The van der Waals surface area contributed by atoms with Gasteiger partial charge in [-0.25, -0.2) is 0 Å². The van der Waals surface area contributed by atoms with Crippen LogP contribution >= 0.6 is 12.4 Å². The average Bonchev–Trinajstić information content (AvgIpc) is 2.39. The van der Waals surface area contributed by atoms with Gasteiger partial charge in [0.1, 0.15) is 5.75 Å². The Bertz CT molecular complexity index is 406. The van der Waals surface area contributed by atoms with E-state index < -0.39 is 0 Å². The number of hydrogen-bond donors (Lipinski definition) is 1. The zero-order chi connectivity index (χ0) is 12.5. The fourth-order valence-electron chi connectivity index (χ4n) is 4.03. The fourth-order valence-corrected chi connectivity index (χ4v) is 4.03. The summed E-state index contributed by atoms with van der Waals surface area (Å²) in [6.07, 6.45) is 6.67. The van der Waals surface area contributed by atoms with Crippen LogP contribution in [0.3, 0.4) is 0 Å². The van der Waals surface area contributed by atoms with Crippen LogP contribution in [0.15, 0.2) is 24.3 Å². The van der Waals surface area contributed by atoms with Crippen LogP contribution in [0.5, 0.6) is 5.75 Å². The van der Waals surface area contributed by atoms with Gasteiger partial charge in [-0.05, 0) is 61.1 Å². The summed E-state index contributed by atoms with van der Waals surface area (Å²) in [6, 6.07) is 9.04.